The second kappa shape index (κ2) is 61.7. The first-order valence-electron chi connectivity index (χ1n) is 40.1. The van der Waals surface area contributed by atoms with Gasteiger partial charge in [-0.15, -0.1) is 0 Å². The Hall–Kier alpha value is -6.61. The highest BCUT2D eigenvalue weighted by molar-refractivity contribution is 7.86. The van der Waals surface area contributed by atoms with E-state index in [0.717, 1.165) is 25.7 Å². The van der Waals surface area contributed by atoms with Crippen molar-refractivity contribution in [3.63, 3.8) is 0 Å². The molecule has 0 heterocycles. The monoisotopic (exact) mass is 1840 g/mol. The van der Waals surface area contributed by atoms with Crippen LogP contribution in [-0.2, 0) is 69.5 Å². The first-order valence-corrected chi connectivity index (χ1v) is 47.8. The van der Waals surface area contributed by atoms with E-state index in [1.807, 2.05) is 76.2 Å². The van der Waals surface area contributed by atoms with Gasteiger partial charge in [-0.2, -0.15) is 42.1 Å². The molecule has 6 aromatic rings. The number of hydrogen-bond donors (Lipinski definition) is 15. The van der Waals surface area contributed by atoms with Gasteiger partial charge in [-0.3, -0.25) is 37.5 Å². The summed E-state index contributed by atoms with van der Waals surface area (Å²) in [6.45, 7) is 10.8. The molecule has 36 nitrogen and oxygen atoms in total. The van der Waals surface area contributed by atoms with Gasteiger partial charge in [0, 0.05) is 124 Å². The largest absolute Gasteiger partial charge is 0.491 e. The molecule has 0 aliphatic rings. The Morgan fingerprint density at radius 3 is 0.870 bits per heavy atom. The summed E-state index contributed by atoms with van der Waals surface area (Å²) in [6.07, 6.45) is -3.01. The number of anilines is 2. The molecule has 0 aliphatic heterocycles. The van der Waals surface area contributed by atoms with Gasteiger partial charge in [-0.05, 0) is 97.5 Å². The molecule has 0 spiro atoms. The minimum absolute atomic E-state index is 0.000379. The van der Waals surface area contributed by atoms with Crippen LogP contribution < -0.4 is 19.3 Å². The van der Waals surface area contributed by atoms with Gasteiger partial charge in [-0.25, -0.2) is 0 Å². The molecule has 0 amide bonds. The van der Waals surface area contributed by atoms with Crippen molar-refractivity contribution < 1.29 is 144 Å². The van der Waals surface area contributed by atoms with Crippen molar-refractivity contribution >= 4 is 62.0 Å². The Kier molecular flexibility index (Phi) is 56.4. The number of nitrogens with zero attached hydrogens (tertiary/aromatic N) is 5. The predicted molar refractivity (Wildman–Crippen MR) is 466 cm³/mol. The predicted octanol–water partition coefficient (Wildman–Crippen LogP) is 4.27. The summed E-state index contributed by atoms with van der Waals surface area (Å²) in [5.74, 6) is -0.229. The Bertz CT molecular complexity index is 4180. The van der Waals surface area contributed by atoms with Gasteiger partial charge in [0.15, 0.2) is 0 Å². The molecule has 6 rings (SSSR count). The molecule has 10 atom stereocenters. The lowest BCUT2D eigenvalue weighted by Crippen LogP contribution is -2.43. The second-order valence-corrected chi connectivity index (χ2v) is 36.4. The highest BCUT2D eigenvalue weighted by Gasteiger charge is 2.26. The van der Waals surface area contributed by atoms with Crippen LogP contribution in [0.15, 0.2) is 180 Å². The van der Waals surface area contributed by atoms with E-state index in [4.69, 9.17) is 46.6 Å². The molecular weight excluding hydrogens is 1710 g/mol. The fraction of sp³-hybridized carbons (Fsp3) is 0.561. The van der Waals surface area contributed by atoms with Crippen molar-refractivity contribution in [2.45, 2.75) is 137 Å². The molecule has 10 unspecified atom stereocenters. The van der Waals surface area contributed by atoms with Crippen molar-refractivity contribution in [1.29, 1.82) is 0 Å². The summed E-state index contributed by atoms with van der Waals surface area (Å²) in [4.78, 5) is 7.63. The highest BCUT2D eigenvalue weighted by atomic mass is 32.2. The van der Waals surface area contributed by atoms with Crippen LogP contribution >= 0.6 is 0 Å². The molecule has 0 fully saturated rings. The number of hydrogen-bond acceptors (Lipinski definition) is 31. The molecule has 0 saturated heterocycles. The van der Waals surface area contributed by atoms with E-state index in [1.54, 1.807) is 105 Å². The number of para-hydroxylation sites is 2. The van der Waals surface area contributed by atoms with Gasteiger partial charge in [0.1, 0.15) is 36.9 Å². The number of unbranched alkanes of at least 4 members (excludes halogenated alkanes) is 2. The summed E-state index contributed by atoms with van der Waals surface area (Å²) >= 11 is 0. The topological polar surface area (TPSA) is 546 Å². The summed E-state index contributed by atoms with van der Waals surface area (Å²) in [6, 6.07) is 47.5. The lowest BCUT2D eigenvalue weighted by molar-refractivity contribution is 0.00815. The van der Waals surface area contributed by atoms with E-state index < -0.39 is 129 Å². The van der Waals surface area contributed by atoms with Crippen LogP contribution in [0.5, 0.6) is 11.5 Å². The zero-order valence-electron chi connectivity index (χ0n) is 70.7. The standard InChI is InChI=1S/C20H27NO7S.C20H35NO7S.C18H23NO5S.C14H23NO5S.C10H23NO7S/c22-17(15-27-19-7-3-1-4-8-19)13-21(11-12-29(24,25)26)14-18(23)16-28-20-9-5-2-6-10-20;1-3-5-10-27-15-18(22)13-21(14-19(23)16-28-11-6-4-2)17-8-7-9-20(12-17)29(24,25)26;20-17(15-7-3-1-4-8-15)13-19(11-12-25(22,23)24)14-18(21)16-9-5-2-6-10-16;1-3-12(16)9-15(10-13(17)4-2)11-6-5-7-14(8-11)21(18,19)20;1-17-7-9(12)5-11(3-4-19(14,15)16)6-10(13)8-18-2/h1-10,17-18,22-23H,11-16H2,(H,24,25,26);7-9,12,18-19,22-23H,3-6,10-11,13-16H2,1-2H3,(H,24,25,26);1-10,17-18,20-21H,11-14H2,(H,22,23,24);5-8,12-13,16-17H,3-4,9-10H2,1-2H3,(H,18,19,20);9-10,12-13H,3-8H2,1-2H3,(H,14,15,16). The molecule has 0 radical (unpaired) electrons. The Morgan fingerprint density at radius 1 is 0.317 bits per heavy atom. The van der Waals surface area contributed by atoms with Crippen molar-refractivity contribution in [1.82, 2.24) is 14.7 Å². The van der Waals surface area contributed by atoms with E-state index in [2.05, 4.69) is 0 Å². The Morgan fingerprint density at radius 2 is 0.593 bits per heavy atom. The SMILES string of the molecule is CCC(O)CN(CC(O)CC)c1cccc(S(=O)(=O)O)c1.CCCCOCC(O)CN(CC(O)COCCCC)c1cccc(S(=O)(=O)O)c1.COCC(O)CN(CCS(=O)(=O)O)CC(O)COC.O=S(=O)(O)CCN(CC(O)COc1ccccc1)CC(O)COc1ccccc1.O=S(=O)(O)CCN(CC(O)c1ccccc1)CC(O)c1ccccc1. The summed E-state index contributed by atoms with van der Waals surface area (Å²) in [5.41, 5.74) is 2.40. The van der Waals surface area contributed by atoms with Crippen LogP contribution in [0, 0.1) is 0 Å². The summed E-state index contributed by atoms with van der Waals surface area (Å²) in [5, 5.41) is 101. The van der Waals surface area contributed by atoms with Gasteiger partial charge in [-0.1, -0.05) is 150 Å². The van der Waals surface area contributed by atoms with Crippen LogP contribution in [0.4, 0.5) is 11.4 Å². The molecule has 6 aromatic carbocycles. The minimum Gasteiger partial charge on any atom is -0.491 e. The van der Waals surface area contributed by atoms with Crippen LogP contribution in [0.1, 0.15) is 89.6 Å². The third-order valence-electron chi connectivity index (χ3n) is 17.7. The van der Waals surface area contributed by atoms with Gasteiger partial charge in [0.25, 0.3) is 50.6 Å². The lowest BCUT2D eigenvalue weighted by Gasteiger charge is -2.29. The lowest BCUT2D eigenvalue weighted by atomic mass is 10.1. The number of methoxy groups -OCH3 is 2. The Balaban J connectivity index is 0.000000526. The summed E-state index contributed by atoms with van der Waals surface area (Å²) < 4.78 is 188. The molecule has 700 valence electrons. The molecule has 0 aliphatic carbocycles. The molecule has 15 N–H and O–H groups in total. The first kappa shape index (κ1) is 112. The van der Waals surface area contributed by atoms with Gasteiger partial charge >= 0.3 is 0 Å². The molecule has 41 heteroatoms. The van der Waals surface area contributed by atoms with E-state index >= 15 is 0 Å². The van der Waals surface area contributed by atoms with Gasteiger partial charge in [0.05, 0.1) is 102 Å². The molecule has 123 heavy (non-hydrogen) atoms. The number of rotatable bonds is 57. The number of ether oxygens (including phenoxy) is 6. The molecule has 0 bridgehead atoms. The first-order chi connectivity index (χ1) is 58.0. The third kappa shape index (κ3) is 55.6. The van der Waals surface area contributed by atoms with E-state index in [1.165, 1.54) is 55.5 Å². The number of aliphatic hydroxyl groups excluding tert-OH is 10. The fourth-order valence-electron chi connectivity index (χ4n) is 11.3. The number of aliphatic hydroxyl groups is 10. The van der Waals surface area contributed by atoms with Gasteiger partial charge < -0.3 is 89.3 Å². The molecule has 0 saturated carbocycles. The highest BCUT2D eigenvalue weighted by Crippen LogP contribution is 2.24. The average Bonchev–Trinajstić information content (AvgIpc) is 0.832. The van der Waals surface area contributed by atoms with Crippen LogP contribution in [0.25, 0.3) is 0 Å². The van der Waals surface area contributed by atoms with Crippen LogP contribution in [0.2, 0.25) is 0 Å². The van der Waals surface area contributed by atoms with E-state index in [9.17, 15) is 97.7 Å². The number of benzene rings is 6. The molecule has 0 aromatic heterocycles. The maximum absolute atomic E-state index is 11.5. The fourth-order valence-corrected chi connectivity index (χ4v) is 13.8. The van der Waals surface area contributed by atoms with Crippen molar-refractivity contribution in [3.05, 3.63) is 181 Å². The third-order valence-corrected chi connectivity index (χ3v) is 21.5. The second-order valence-electron chi connectivity index (χ2n) is 28.8. The van der Waals surface area contributed by atoms with Gasteiger partial charge in [0.2, 0.25) is 0 Å². The van der Waals surface area contributed by atoms with E-state index in [0.29, 0.717) is 60.1 Å². The average molecular weight is 1840 g/mol. The van der Waals surface area contributed by atoms with Crippen LogP contribution in [0.3, 0.4) is 0 Å². The normalized spacial score (nSPS) is 14.4. The minimum atomic E-state index is -4.36. The molecular formula is C82H131N5O31S5. The maximum atomic E-state index is 11.5. The van der Waals surface area contributed by atoms with Crippen molar-refractivity contribution in [3.8, 4) is 11.5 Å². The zero-order valence-corrected chi connectivity index (χ0v) is 74.8. The summed E-state index contributed by atoms with van der Waals surface area (Å²) in [7, 11) is -18.1. The van der Waals surface area contributed by atoms with Crippen molar-refractivity contribution in [2.75, 3.05) is 179 Å². The van der Waals surface area contributed by atoms with Crippen LogP contribution in [-0.4, -0.2) is 349 Å². The van der Waals surface area contributed by atoms with E-state index in [-0.39, 0.29) is 135 Å². The van der Waals surface area contributed by atoms with Crippen molar-refractivity contribution in [2.24, 2.45) is 0 Å². The zero-order chi connectivity index (χ0) is 92.0. The smallest absolute Gasteiger partial charge is 0.294 e. The maximum Gasteiger partial charge on any atom is 0.294 e. The quantitative estimate of drug-likeness (QED) is 0.0187. The Labute approximate surface area is 725 Å².